The molecule has 0 bridgehead atoms. The van der Waals surface area contributed by atoms with E-state index in [-0.39, 0.29) is 18.4 Å². The molecule has 0 spiro atoms. The lowest BCUT2D eigenvalue weighted by Crippen LogP contribution is -3.06. The molecule has 0 radical (unpaired) electrons. The van der Waals surface area contributed by atoms with Crippen molar-refractivity contribution in [1.29, 1.82) is 0 Å². The van der Waals surface area contributed by atoms with Gasteiger partial charge in [0.25, 0.3) is 0 Å². The van der Waals surface area contributed by atoms with Crippen molar-refractivity contribution in [1.82, 2.24) is 0 Å². The van der Waals surface area contributed by atoms with E-state index in [4.69, 9.17) is 4.74 Å². The number of carboxylic acid groups (broad SMARTS) is 1. The molecule has 5 nitrogen and oxygen atoms in total. The number of carbonyl (C=O) groups is 2. The van der Waals surface area contributed by atoms with Crippen LogP contribution in [0.1, 0.15) is 27.7 Å². The molecular formula is C18H29NO4. The summed E-state index contributed by atoms with van der Waals surface area (Å²) in [6, 6.07) is 0. The number of aliphatic carboxylic acids is 1. The first kappa shape index (κ1) is 19.4. The largest absolute Gasteiger partial charge is 0.550 e. The number of esters is 1. The first-order valence-electron chi connectivity index (χ1n) is 8.15. The zero-order chi connectivity index (χ0) is 17.7. The smallest absolute Gasteiger partial charge is 0.310 e. The average molecular weight is 323 g/mol. The Hall–Kier alpha value is -1.62. The van der Waals surface area contributed by atoms with Gasteiger partial charge in [-0.2, -0.15) is 0 Å². The highest BCUT2D eigenvalue weighted by Crippen LogP contribution is 2.39. The van der Waals surface area contributed by atoms with Gasteiger partial charge in [-0.05, 0) is 26.7 Å². The minimum absolute atomic E-state index is 0.237. The van der Waals surface area contributed by atoms with Crippen LogP contribution in [0.4, 0.5) is 0 Å². The van der Waals surface area contributed by atoms with Gasteiger partial charge in [0, 0.05) is 17.8 Å². The molecule has 0 heterocycles. The maximum absolute atomic E-state index is 12.6. The minimum atomic E-state index is -1.18. The lowest BCUT2D eigenvalue weighted by Gasteiger charge is -2.39. The second kappa shape index (κ2) is 8.29. The SMILES string of the molecule is CC(C)=CC1C=C(C)C(C)C(C(=O)[O-])C1C(=O)OCC[NH+](C)C. The number of carboxylic acids is 1. The lowest BCUT2D eigenvalue weighted by molar-refractivity contribution is -0.858. The van der Waals surface area contributed by atoms with Crippen LogP contribution in [0.25, 0.3) is 0 Å². The molecule has 1 aliphatic rings. The fraction of sp³-hybridized carbons (Fsp3) is 0.667. The Kier molecular flexibility index (Phi) is 7.01. The summed E-state index contributed by atoms with van der Waals surface area (Å²) < 4.78 is 5.36. The summed E-state index contributed by atoms with van der Waals surface area (Å²) >= 11 is 0. The summed E-state index contributed by atoms with van der Waals surface area (Å²) in [5, 5.41) is 11.7. The first-order chi connectivity index (χ1) is 10.6. The molecule has 0 saturated carbocycles. The zero-order valence-electron chi connectivity index (χ0n) is 15.0. The number of hydrogen-bond donors (Lipinski definition) is 1. The van der Waals surface area contributed by atoms with Crippen LogP contribution in [0.3, 0.4) is 0 Å². The van der Waals surface area contributed by atoms with Crippen LogP contribution >= 0.6 is 0 Å². The molecule has 5 heteroatoms. The van der Waals surface area contributed by atoms with Crippen LogP contribution in [0.2, 0.25) is 0 Å². The zero-order valence-corrected chi connectivity index (χ0v) is 15.0. The highest BCUT2D eigenvalue weighted by Gasteiger charge is 2.42. The molecule has 0 aromatic rings. The number of likely N-dealkylation sites (N-methyl/N-ethyl adjacent to an activating group) is 1. The number of quaternary nitrogens is 1. The van der Waals surface area contributed by atoms with Crippen LogP contribution in [-0.2, 0) is 14.3 Å². The Bertz CT molecular complexity index is 503. The summed E-state index contributed by atoms with van der Waals surface area (Å²) in [7, 11) is 3.94. The van der Waals surface area contributed by atoms with Crippen LogP contribution in [-0.4, -0.2) is 39.2 Å². The highest BCUT2D eigenvalue weighted by molar-refractivity contribution is 5.82. The Morgan fingerprint density at radius 1 is 1.30 bits per heavy atom. The Balaban J connectivity index is 3.09. The third-order valence-corrected chi connectivity index (χ3v) is 4.43. The van der Waals surface area contributed by atoms with E-state index in [1.807, 2.05) is 53.9 Å². The minimum Gasteiger partial charge on any atom is -0.550 e. The van der Waals surface area contributed by atoms with Crippen molar-refractivity contribution in [2.75, 3.05) is 27.2 Å². The topological polar surface area (TPSA) is 70.9 Å². The van der Waals surface area contributed by atoms with E-state index in [1.165, 1.54) is 4.90 Å². The Morgan fingerprint density at radius 3 is 2.39 bits per heavy atom. The van der Waals surface area contributed by atoms with Crippen molar-refractivity contribution in [3.63, 3.8) is 0 Å². The van der Waals surface area contributed by atoms with Crippen molar-refractivity contribution >= 4 is 11.9 Å². The molecule has 0 aliphatic heterocycles. The summed E-state index contributed by atoms with van der Waals surface area (Å²) in [5.41, 5.74) is 2.02. The van der Waals surface area contributed by atoms with E-state index < -0.39 is 23.8 Å². The second-order valence-electron chi connectivity index (χ2n) is 7.02. The molecule has 0 amide bonds. The second-order valence-corrected chi connectivity index (χ2v) is 7.02. The van der Waals surface area contributed by atoms with Gasteiger partial charge < -0.3 is 19.5 Å². The van der Waals surface area contributed by atoms with E-state index in [1.54, 1.807) is 0 Å². The molecule has 1 rings (SSSR count). The number of carbonyl (C=O) groups excluding carboxylic acids is 2. The van der Waals surface area contributed by atoms with Crippen molar-refractivity contribution in [2.45, 2.75) is 27.7 Å². The van der Waals surface area contributed by atoms with Crippen LogP contribution in [0.5, 0.6) is 0 Å². The van der Waals surface area contributed by atoms with Gasteiger partial charge in [0.1, 0.15) is 13.2 Å². The molecule has 1 N–H and O–H groups in total. The standard InChI is InChI=1S/C18H29NO4/c1-11(2)9-14-10-12(3)13(4)15(17(20)21)16(14)18(22)23-8-7-19(5)6/h9-10,13-16H,7-8H2,1-6H3,(H,20,21). The molecule has 130 valence electrons. The number of hydrogen-bond acceptors (Lipinski definition) is 4. The lowest BCUT2D eigenvalue weighted by atomic mass is 9.67. The molecule has 1 aliphatic carbocycles. The Labute approximate surface area is 139 Å². The monoisotopic (exact) mass is 323 g/mol. The highest BCUT2D eigenvalue weighted by atomic mass is 16.5. The molecule has 4 unspecified atom stereocenters. The van der Waals surface area contributed by atoms with Gasteiger partial charge in [-0.3, -0.25) is 4.79 Å². The molecule has 0 fully saturated rings. The fourth-order valence-electron chi connectivity index (χ4n) is 3.04. The predicted molar refractivity (Wildman–Crippen MR) is 86.5 cm³/mol. The predicted octanol–water partition coefficient (Wildman–Crippen LogP) is -0.165. The molecular weight excluding hydrogens is 294 g/mol. The third kappa shape index (κ3) is 5.20. The Morgan fingerprint density at radius 2 is 1.91 bits per heavy atom. The first-order valence-corrected chi connectivity index (χ1v) is 8.15. The fourth-order valence-corrected chi connectivity index (χ4v) is 3.04. The van der Waals surface area contributed by atoms with Gasteiger partial charge in [-0.15, -0.1) is 0 Å². The van der Waals surface area contributed by atoms with Gasteiger partial charge in [0.05, 0.1) is 20.0 Å². The molecule has 4 atom stereocenters. The quantitative estimate of drug-likeness (QED) is 0.544. The maximum atomic E-state index is 12.6. The van der Waals surface area contributed by atoms with Gasteiger partial charge >= 0.3 is 5.97 Å². The summed E-state index contributed by atoms with van der Waals surface area (Å²) in [4.78, 5) is 25.4. The molecule has 0 aromatic heterocycles. The average Bonchev–Trinajstić information content (AvgIpc) is 2.40. The van der Waals surface area contributed by atoms with Crippen molar-refractivity contribution in [2.24, 2.45) is 23.7 Å². The number of allylic oxidation sites excluding steroid dienone is 4. The van der Waals surface area contributed by atoms with E-state index in [0.29, 0.717) is 6.54 Å². The number of nitrogens with one attached hydrogen (secondary N) is 1. The van der Waals surface area contributed by atoms with Gasteiger partial charge in [-0.25, -0.2) is 0 Å². The number of ether oxygens (including phenoxy) is 1. The maximum Gasteiger partial charge on any atom is 0.310 e. The van der Waals surface area contributed by atoms with Gasteiger partial charge in [0.2, 0.25) is 0 Å². The number of rotatable bonds is 6. The summed E-state index contributed by atoms with van der Waals surface area (Å²) in [6.45, 7) is 8.58. The van der Waals surface area contributed by atoms with Crippen molar-refractivity contribution in [3.8, 4) is 0 Å². The van der Waals surface area contributed by atoms with Gasteiger partial charge in [0.15, 0.2) is 0 Å². The van der Waals surface area contributed by atoms with Crippen molar-refractivity contribution < 1.29 is 24.3 Å². The van der Waals surface area contributed by atoms with E-state index in [0.717, 1.165) is 11.1 Å². The van der Waals surface area contributed by atoms with E-state index >= 15 is 0 Å². The summed E-state index contributed by atoms with van der Waals surface area (Å²) in [6.07, 6.45) is 3.93. The normalized spacial score (nSPS) is 27.3. The van der Waals surface area contributed by atoms with Crippen LogP contribution in [0.15, 0.2) is 23.3 Å². The molecule has 0 aromatic carbocycles. The third-order valence-electron chi connectivity index (χ3n) is 4.43. The van der Waals surface area contributed by atoms with Crippen LogP contribution < -0.4 is 10.0 Å². The van der Waals surface area contributed by atoms with E-state index in [9.17, 15) is 14.7 Å². The summed E-state index contributed by atoms with van der Waals surface area (Å²) in [5.74, 6) is -3.72. The molecule has 0 saturated heterocycles. The van der Waals surface area contributed by atoms with Crippen molar-refractivity contribution in [3.05, 3.63) is 23.3 Å². The molecule has 23 heavy (non-hydrogen) atoms. The van der Waals surface area contributed by atoms with E-state index in [2.05, 4.69) is 0 Å². The van der Waals surface area contributed by atoms with Crippen LogP contribution in [0, 0.1) is 23.7 Å². The van der Waals surface area contributed by atoms with Gasteiger partial charge in [-0.1, -0.05) is 30.2 Å².